The molecule has 2 atom stereocenters. The molecule has 3 heteroatoms. The van der Waals surface area contributed by atoms with E-state index < -0.39 is 0 Å². The fraction of sp³-hybridized carbons (Fsp3) is 0.786. The first-order chi connectivity index (χ1) is 8.23. The summed E-state index contributed by atoms with van der Waals surface area (Å²) in [7, 11) is 2.12. The second-order valence-corrected chi connectivity index (χ2v) is 6.68. The van der Waals surface area contributed by atoms with Crippen LogP contribution in [-0.4, -0.2) is 12.0 Å². The molecule has 94 valence electrons. The molecule has 1 heterocycles. The average molecular weight is 250 g/mol. The van der Waals surface area contributed by atoms with Crippen molar-refractivity contribution in [3.8, 4) is 0 Å². The van der Waals surface area contributed by atoms with Crippen molar-refractivity contribution in [2.24, 2.45) is 11.8 Å². The molecule has 0 bridgehead atoms. The Labute approximate surface area is 108 Å². The van der Waals surface area contributed by atoms with E-state index in [-0.39, 0.29) is 5.54 Å². The van der Waals surface area contributed by atoms with E-state index in [2.05, 4.69) is 24.7 Å². The molecule has 2 unspecified atom stereocenters. The molecule has 17 heavy (non-hydrogen) atoms. The van der Waals surface area contributed by atoms with Gasteiger partial charge in [0.1, 0.15) is 5.01 Å². The lowest BCUT2D eigenvalue weighted by Crippen LogP contribution is -2.44. The van der Waals surface area contributed by atoms with Crippen LogP contribution in [0.25, 0.3) is 0 Å². The van der Waals surface area contributed by atoms with Crippen LogP contribution in [0.1, 0.15) is 49.2 Å². The van der Waals surface area contributed by atoms with Gasteiger partial charge in [-0.1, -0.05) is 12.8 Å². The molecule has 0 aromatic carbocycles. The summed E-state index contributed by atoms with van der Waals surface area (Å²) in [5.41, 5.74) is 1.36. The highest BCUT2D eigenvalue weighted by molar-refractivity contribution is 7.09. The summed E-state index contributed by atoms with van der Waals surface area (Å²) in [6.07, 6.45) is 8.32. The normalized spacial score (nSPS) is 33.9. The van der Waals surface area contributed by atoms with Gasteiger partial charge in [-0.05, 0) is 51.5 Å². The van der Waals surface area contributed by atoms with Gasteiger partial charge in [0, 0.05) is 11.1 Å². The van der Waals surface area contributed by atoms with Crippen molar-refractivity contribution >= 4 is 11.3 Å². The molecule has 1 aromatic heterocycles. The Morgan fingerprint density at radius 1 is 1.35 bits per heavy atom. The Balaban J connectivity index is 1.84. The molecule has 0 aliphatic heterocycles. The summed E-state index contributed by atoms with van der Waals surface area (Å²) in [5, 5.41) is 7.12. The first-order valence-corrected chi connectivity index (χ1v) is 7.73. The molecule has 2 nitrogen and oxygen atoms in total. The van der Waals surface area contributed by atoms with Crippen LogP contribution >= 0.6 is 11.3 Å². The second kappa shape index (κ2) is 4.36. The summed E-state index contributed by atoms with van der Waals surface area (Å²) in [6, 6.07) is 0. The number of aromatic nitrogens is 1. The van der Waals surface area contributed by atoms with Crippen LogP contribution in [0, 0.1) is 18.8 Å². The zero-order valence-electron chi connectivity index (χ0n) is 10.8. The van der Waals surface area contributed by atoms with Crippen molar-refractivity contribution in [2.45, 2.75) is 51.0 Å². The van der Waals surface area contributed by atoms with Gasteiger partial charge in [0.05, 0.1) is 5.54 Å². The minimum Gasteiger partial charge on any atom is -0.308 e. The molecule has 0 radical (unpaired) electrons. The van der Waals surface area contributed by atoms with Crippen LogP contribution in [0.5, 0.6) is 0 Å². The molecule has 0 spiro atoms. The fourth-order valence-electron chi connectivity index (χ4n) is 3.39. The molecule has 3 rings (SSSR count). The summed E-state index contributed by atoms with van der Waals surface area (Å²) in [4.78, 5) is 4.75. The third-order valence-electron chi connectivity index (χ3n) is 4.58. The highest BCUT2D eigenvalue weighted by Gasteiger charge is 2.43. The molecule has 0 saturated heterocycles. The molecular formula is C14H22N2S. The summed E-state index contributed by atoms with van der Waals surface area (Å²) in [6.45, 7) is 2.10. The van der Waals surface area contributed by atoms with E-state index in [4.69, 9.17) is 4.98 Å². The Morgan fingerprint density at radius 2 is 2.18 bits per heavy atom. The molecule has 2 aliphatic rings. The van der Waals surface area contributed by atoms with Gasteiger partial charge in [0.2, 0.25) is 0 Å². The maximum Gasteiger partial charge on any atom is 0.113 e. The van der Waals surface area contributed by atoms with Crippen LogP contribution in [0.3, 0.4) is 0 Å². The molecule has 1 aromatic rings. The molecule has 2 aliphatic carbocycles. The number of nitrogens with one attached hydrogen (secondary N) is 1. The van der Waals surface area contributed by atoms with Crippen molar-refractivity contribution in [3.05, 3.63) is 16.1 Å². The monoisotopic (exact) mass is 250 g/mol. The van der Waals surface area contributed by atoms with Gasteiger partial charge in [-0.15, -0.1) is 11.3 Å². The van der Waals surface area contributed by atoms with E-state index in [1.165, 1.54) is 49.2 Å². The van der Waals surface area contributed by atoms with E-state index in [0.29, 0.717) is 0 Å². The molecular weight excluding hydrogens is 228 g/mol. The van der Waals surface area contributed by atoms with Crippen molar-refractivity contribution in [1.29, 1.82) is 0 Å². The summed E-state index contributed by atoms with van der Waals surface area (Å²) in [5.74, 6) is 1.98. The second-order valence-electron chi connectivity index (χ2n) is 5.82. The van der Waals surface area contributed by atoms with Gasteiger partial charge >= 0.3 is 0 Å². The van der Waals surface area contributed by atoms with Crippen LogP contribution in [0.2, 0.25) is 0 Å². The quantitative estimate of drug-likeness (QED) is 0.888. The van der Waals surface area contributed by atoms with Gasteiger partial charge in [0.25, 0.3) is 0 Å². The maximum atomic E-state index is 4.75. The van der Waals surface area contributed by atoms with E-state index in [0.717, 1.165) is 11.8 Å². The lowest BCUT2D eigenvalue weighted by molar-refractivity contribution is 0.173. The number of hydrogen-bond donors (Lipinski definition) is 1. The van der Waals surface area contributed by atoms with E-state index in [1.54, 1.807) is 0 Å². The van der Waals surface area contributed by atoms with E-state index in [1.807, 2.05) is 11.3 Å². The van der Waals surface area contributed by atoms with Crippen molar-refractivity contribution in [3.63, 3.8) is 0 Å². The first-order valence-electron chi connectivity index (χ1n) is 6.85. The van der Waals surface area contributed by atoms with Gasteiger partial charge < -0.3 is 5.32 Å². The SMILES string of the molecule is CNC1(c2nc(C)cs2)CCCC(C2CC2)C1. The predicted molar refractivity (Wildman–Crippen MR) is 72.3 cm³/mol. The van der Waals surface area contributed by atoms with E-state index >= 15 is 0 Å². The van der Waals surface area contributed by atoms with Gasteiger partial charge in [0.15, 0.2) is 0 Å². The Hall–Kier alpha value is -0.410. The van der Waals surface area contributed by atoms with Gasteiger partial charge in [-0.25, -0.2) is 4.98 Å². The zero-order valence-corrected chi connectivity index (χ0v) is 11.6. The molecule has 2 fully saturated rings. The minimum absolute atomic E-state index is 0.185. The Kier molecular flexibility index (Phi) is 2.99. The number of rotatable bonds is 3. The molecule has 1 N–H and O–H groups in total. The largest absolute Gasteiger partial charge is 0.308 e. The summed E-state index contributed by atoms with van der Waals surface area (Å²) >= 11 is 1.84. The number of aryl methyl sites for hydroxylation is 1. The lowest BCUT2D eigenvalue weighted by Gasteiger charge is -2.39. The van der Waals surface area contributed by atoms with Crippen LogP contribution in [0.4, 0.5) is 0 Å². The topological polar surface area (TPSA) is 24.9 Å². The number of thiazole rings is 1. The van der Waals surface area contributed by atoms with Gasteiger partial charge in [-0.2, -0.15) is 0 Å². The molecule has 0 amide bonds. The van der Waals surface area contributed by atoms with Crippen molar-refractivity contribution < 1.29 is 0 Å². The van der Waals surface area contributed by atoms with Crippen molar-refractivity contribution in [2.75, 3.05) is 7.05 Å². The van der Waals surface area contributed by atoms with Crippen LogP contribution < -0.4 is 5.32 Å². The Morgan fingerprint density at radius 3 is 2.76 bits per heavy atom. The minimum atomic E-state index is 0.185. The number of hydrogen-bond acceptors (Lipinski definition) is 3. The third kappa shape index (κ3) is 2.15. The van der Waals surface area contributed by atoms with Crippen molar-refractivity contribution in [1.82, 2.24) is 10.3 Å². The van der Waals surface area contributed by atoms with Crippen LogP contribution in [-0.2, 0) is 5.54 Å². The maximum absolute atomic E-state index is 4.75. The lowest BCUT2D eigenvalue weighted by atomic mass is 9.74. The Bertz CT molecular complexity index is 397. The molecule has 2 saturated carbocycles. The van der Waals surface area contributed by atoms with E-state index in [9.17, 15) is 0 Å². The average Bonchev–Trinajstić information content (AvgIpc) is 3.12. The predicted octanol–water partition coefficient (Wildman–Crippen LogP) is 3.47. The zero-order chi connectivity index (χ0) is 11.9. The fourth-order valence-corrected chi connectivity index (χ4v) is 4.43. The highest BCUT2D eigenvalue weighted by Crippen LogP contribution is 2.49. The first kappa shape index (κ1) is 11.7. The van der Waals surface area contributed by atoms with Crippen LogP contribution in [0.15, 0.2) is 5.38 Å². The van der Waals surface area contributed by atoms with Gasteiger partial charge in [-0.3, -0.25) is 0 Å². The standard InChI is InChI=1S/C14H22N2S/c1-10-9-17-13(16-10)14(15-2)7-3-4-12(8-14)11-5-6-11/h9,11-12,15H,3-8H2,1-2H3. The third-order valence-corrected chi connectivity index (χ3v) is 5.75. The smallest absolute Gasteiger partial charge is 0.113 e. The summed E-state index contributed by atoms with van der Waals surface area (Å²) < 4.78 is 0. The highest BCUT2D eigenvalue weighted by atomic mass is 32.1. The number of nitrogens with zero attached hydrogens (tertiary/aromatic N) is 1.